The van der Waals surface area contributed by atoms with Crippen molar-refractivity contribution >= 4 is 0 Å². The van der Waals surface area contributed by atoms with E-state index in [0.29, 0.717) is 0 Å². The molecule has 0 saturated heterocycles. The molecular formula is C8H20O2Ti-4. The molecule has 0 amide bonds. The Bertz CT molecular complexity index is 33.1. The second-order valence-corrected chi connectivity index (χ2v) is 0.344. The number of hydrogen-bond donors (Lipinski definition) is 0. The van der Waals surface area contributed by atoms with Crippen LogP contribution in [0.3, 0.4) is 0 Å². The fraction of sp³-hybridized carbons (Fsp3) is 0.500. The van der Waals surface area contributed by atoms with E-state index in [4.69, 9.17) is 6.65 Å². The molecule has 0 spiro atoms. The average molecular weight is 196 g/mol. The van der Waals surface area contributed by atoms with Gasteiger partial charge < -0.3 is 27.7 Å². The first-order valence-corrected chi connectivity index (χ1v) is 4.51. The van der Waals surface area contributed by atoms with Crippen LogP contribution in [0, 0.1) is 27.7 Å². The minimum absolute atomic E-state index is 1.75. The maximum absolute atomic E-state index is 8.50. The van der Waals surface area contributed by atoms with E-state index in [1.54, 1.807) is 27.7 Å². The van der Waals surface area contributed by atoms with E-state index < -0.39 is 19.1 Å². The van der Waals surface area contributed by atoms with Crippen LogP contribution in [0.5, 0.6) is 0 Å². The Labute approximate surface area is 81.3 Å². The van der Waals surface area contributed by atoms with Gasteiger partial charge in [-0.1, -0.05) is 0 Å². The second-order valence-electron chi connectivity index (χ2n) is 0.0833. The monoisotopic (exact) mass is 196 g/mol. The molecule has 0 aromatic heterocycles. The molecule has 0 N–H and O–H groups in total. The molecule has 0 aromatic rings. The van der Waals surface area contributed by atoms with Crippen molar-refractivity contribution < 1.29 is 25.7 Å². The van der Waals surface area contributed by atoms with Crippen LogP contribution >= 0.6 is 0 Å². The minimum atomic E-state index is -2.00. The van der Waals surface area contributed by atoms with Crippen molar-refractivity contribution in [3.8, 4) is 0 Å². The van der Waals surface area contributed by atoms with E-state index in [9.17, 15) is 0 Å². The predicted molar refractivity (Wildman–Crippen MR) is 45.5 cm³/mol. The van der Waals surface area contributed by atoms with Crippen LogP contribution < -0.4 is 0 Å². The van der Waals surface area contributed by atoms with Gasteiger partial charge >= 0.3 is 25.7 Å². The Hall–Kier alpha value is 0.314. The standard InChI is InChI=1S/4C2H5.2O.Ti/c4*1-2;;;/h4*1H2,2H3;;;/q4*-1;;;. The first-order chi connectivity index (χ1) is 5.41. The van der Waals surface area contributed by atoms with Gasteiger partial charge in [0.25, 0.3) is 0 Å². The van der Waals surface area contributed by atoms with E-state index in [0.717, 1.165) is 0 Å². The van der Waals surface area contributed by atoms with E-state index >= 15 is 0 Å². The molecule has 0 bridgehead atoms. The van der Waals surface area contributed by atoms with Gasteiger partial charge in [0.15, 0.2) is 0 Å². The molecular weight excluding hydrogens is 176 g/mol. The SMILES string of the molecule is [CH2-]C.[CH2-]C.[CH2-]C.[CH2-]C.[O]=[Ti]=[O]. The molecule has 0 heterocycles. The van der Waals surface area contributed by atoms with Crippen molar-refractivity contribution in [2.24, 2.45) is 0 Å². The zero-order valence-electron chi connectivity index (χ0n) is 8.14. The summed E-state index contributed by atoms with van der Waals surface area (Å²) in [7, 11) is 0. The van der Waals surface area contributed by atoms with E-state index in [1.165, 1.54) is 0 Å². The van der Waals surface area contributed by atoms with Gasteiger partial charge in [0.1, 0.15) is 0 Å². The fourth-order valence-electron chi connectivity index (χ4n) is 0. The molecule has 3 heteroatoms. The number of rotatable bonds is 0. The van der Waals surface area contributed by atoms with Crippen LogP contribution in [-0.2, 0) is 25.7 Å². The average Bonchev–Trinajstić information content (AvgIpc) is 2.18. The molecule has 11 heavy (non-hydrogen) atoms. The Morgan fingerprint density at radius 2 is 0.636 bits per heavy atom. The van der Waals surface area contributed by atoms with Crippen molar-refractivity contribution in [2.45, 2.75) is 27.7 Å². The van der Waals surface area contributed by atoms with Gasteiger partial charge in [-0.05, 0) is 0 Å². The Balaban J connectivity index is -0.0000000139. The third-order valence-electron chi connectivity index (χ3n) is 0. The third-order valence-corrected chi connectivity index (χ3v) is 0. The van der Waals surface area contributed by atoms with E-state index in [1.807, 2.05) is 0 Å². The molecule has 0 atom stereocenters. The summed E-state index contributed by atoms with van der Waals surface area (Å²) in [6.45, 7) is 20.0. The van der Waals surface area contributed by atoms with Gasteiger partial charge in [0.05, 0.1) is 0 Å². The number of hydrogen-bond acceptors (Lipinski definition) is 2. The first kappa shape index (κ1) is 30.2. The summed E-state index contributed by atoms with van der Waals surface area (Å²) in [6, 6.07) is 0. The fourth-order valence-corrected chi connectivity index (χ4v) is 0. The predicted octanol–water partition coefficient (Wildman–Crippen LogP) is 3.12. The summed E-state index contributed by atoms with van der Waals surface area (Å²) in [6.07, 6.45) is 0. The topological polar surface area (TPSA) is 34.1 Å². The van der Waals surface area contributed by atoms with Crippen LogP contribution in [-0.4, -0.2) is 0 Å². The van der Waals surface area contributed by atoms with Crippen molar-refractivity contribution in [1.29, 1.82) is 0 Å². The van der Waals surface area contributed by atoms with Crippen molar-refractivity contribution in [3.05, 3.63) is 27.7 Å². The first-order valence-electron chi connectivity index (χ1n) is 3.24. The summed E-state index contributed by atoms with van der Waals surface area (Å²) in [5.74, 6) is 0. The van der Waals surface area contributed by atoms with Crippen LogP contribution in [0.25, 0.3) is 0 Å². The molecule has 0 saturated carbocycles. The summed E-state index contributed by atoms with van der Waals surface area (Å²) in [4.78, 5) is 0. The van der Waals surface area contributed by atoms with Gasteiger partial charge in [0.2, 0.25) is 0 Å². The van der Waals surface area contributed by atoms with Gasteiger partial charge in [-0.3, -0.25) is 0 Å². The quantitative estimate of drug-likeness (QED) is 0.440. The van der Waals surface area contributed by atoms with Gasteiger partial charge in [-0.25, -0.2) is 0 Å². The third kappa shape index (κ3) is 7220. The maximum atomic E-state index is 8.50. The molecule has 0 fully saturated rings. The zero-order valence-corrected chi connectivity index (χ0v) is 9.71. The van der Waals surface area contributed by atoms with Crippen LogP contribution in [0.2, 0.25) is 0 Å². The van der Waals surface area contributed by atoms with Crippen molar-refractivity contribution in [1.82, 2.24) is 0 Å². The second kappa shape index (κ2) is 518. The van der Waals surface area contributed by atoms with Crippen LogP contribution in [0.15, 0.2) is 0 Å². The Morgan fingerprint density at radius 1 is 0.636 bits per heavy atom. The summed E-state index contributed by atoms with van der Waals surface area (Å²) < 4.78 is 17.0. The van der Waals surface area contributed by atoms with Crippen LogP contribution in [0.4, 0.5) is 0 Å². The molecule has 0 aliphatic carbocycles. The molecule has 0 unspecified atom stereocenters. The van der Waals surface area contributed by atoms with Crippen molar-refractivity contribution in [2.75, 3.05) is 0 Å². The summed E-state index contributed by atoms with van der Waals surface area (Å²) in [5, 5.41) is 0. The molecule has 0 rings (SSSR count). The molecule has 0 radical (unpaired) electrons. The molecule has 0 aliphatic heterocycles. The zero-order chi connectivity index (χ0) is 10.7. The molecule has 72 valence electrons. The summed E-state index contributed by atoms with van der Waals surface area (Å²) in [5.41, 5.74) is 0. The van der Waals surface area contributed by atoms with E-state index in [2.05, 4.69) is 27.7 Å². The Morgan fingerprint density at radius 3 is 0.636 bits per heavy atom. The van der Waals surface area contributed by atoms with Gasteiger partial charge in [-0.15, -0.1) is 0 Å². The summed E-state index contributed by atoms with van der Waals surface area (Å²) >= 11 is -2.00. The van der Waals surface area contributed by atoms with Gasteiger partial charge in [-0.2, -0.15) is 27.7 Å². The van der Waals surface area contributed by atoms with Gasteiger partial charge in [0, 0.05) is 0 Å². The van der Waals surface area contributed by atoms with E-state index in [-0.39, 0.29) is 0 Å². The molecule has 0 aliphatic rings. The molecule has 0 aromatic carbocycles. The normalized spacial score (nSPS) is 2.91. The Kier molecular flexibility index (Phi) is 1420. The molecule has 2 nitrogen and oxygen atoms in total. The van der Waals surface area contributed by atoms with Crippen molar-refractivity contribution in [3.63, 3.8) is 0 Å². The van der Waals surface area contributed by atoms with Crippen LogP contribution in [0.1, 0.15) is 27.7 Å².